The van der Waals surface area contributed by atoms with E-state index in [-0.39, 0.29) is 23.6 Å². The van der Waals surface area contributed by atoms with Crippen LogP contribution in [0.1, 0.15) is 23.2 Å². The number of nitrogens with zero attached hydrogens (tertiary/aromatic N) is 3. The van der Waals surface area contributed by atoms with Crippen molar-refractivity contribution in [3.8, 4) is 11.6 Å². The van der Waals surface area contributed by atoms with Crippen molar-refractivity contribution < 1.29 is 19.0 Å². The van der Waals surface area contributed by atoms with Gasteiger partial charge in [0.1, 0.15) is 18.2 Å². The maximum Gasteiger partial charge on any atom is 0.254 e. The molecular formula is C26H22BrFN4O3. The van der Waals surface area contributed by atoms with Crippen LogP contribution < -0.4 is 4.74 Å². The number of amides is 1. The van der Waals surface area contributed by atoms with Crippen molar-refractivity contribution in [3.63, 3.8) is 0 Å². The molecule has 1 aliphatic heterocycles. The molecule has 1 fully saturated rings. The van der Waals surface area contributed by atoms with Crippen LogP contribution in [-0.2, 0) is 0 Å². The lowest BCUT2D eigenvalue weighted by atomic mass is 10.1. The van der Waals surface area contributed by atoms with Crippen molar-refractivity contribution in [2.75, 3.05) is 13.2 Å². The number of likely N-dealkylation sites (tertiary alicyclic amines) is 1. The monoisotopic (exact) mass is 536 g/mol. The minimum atomic E-state index is -0.315. The third-order valence-electron chi connectivity index (χ3n) is 5.99. The summed E-state index contributed by atoms with van der Waals surface area (Å²) < 4.78 is 19.7. The molecule has 9 heteroatoms. The van der Waals surface area contributed by atoms with E-state index in [9.17, 15) is 14.3 Å². The Balaban J connectivity index is 1.26. The molecule has 2 heterocycles. The molecule has 2 N–H and O–H groups in total. The Morgan fingerprint density at radius 2 is 1.89 bits per heavy atom. The summed E-state index contributed by atoms with van der Waals surface area (Å²) in [6.45, 7) is 1.01. The second-order valence-corrected chi connectivity index (χ2v) is 9.23. The van der Waals surface area contributed by atoms with Crippen molar-refractivity contribution in [1.29, 1.82) is 0 Å². The molecule has 35 heavy (non-hydrogen) atoms. The highest BCUT2D eigenvalue weighted by atomic mass is 79.9. The summed E-state index contributed by atoms with van der Waals surface area (Å²) in [5.74, 6) is 0.132. The van der Waals surface area contributed by atoms with Crippen LogP contribution in [0.3, 0.4) is 0 Å². The zero-order valence-corrected chi connectivity index (χ0v) is 20.2. The molecule has 5 rings (SSSR count). The molecule has 0 radical (unpaired) electrons. The van der Waals surface area contributed by atoms with Crippen LogP contribution in [0, 0.1) is 5.82 Å². The minimum Gasteiger partial charge on any atom is -0.493 e. The Bertz CT molecular complexity index is 1390. The average Bonchev–Trinajstić information content (AvgIpc) is 3.46. The number of fused-ring (bicyclic) bond motifs is 1. The van der Waals surface area contributed by atoms with E-state index in [4.69, 9.17) is 4.74 Å². The van der Waals surface area contributed by atoms with E-state index in [0.717, 1.165) is 28.2 Å². The first-order valence-corrected chi connectivity index (χ1v) is 12.0. The number of carbonyl (C=O) groups excluding carboxylic acids is 1. The van der Waals surface area contributed by atoms with Gasteiger partial charge in [0, 0.05) is 22.0 Å². The van der Waals surface area contributed by atoms with Gasteiger partial charge in [-0.1, -0.05) is 15.9 Å². The van der Waals surface area contributed by atoms with Gasteiger partial charge in [0.05, 0.1) is 17.2 Å². The highest BCUT2D eigenvalue weighted by Crippen LogP contribution is 2.37. The molecule has 4 aromatic rings. The highest BCUT2D eigenvalue weighted by molar-refractivity contribution is 9.10. The number of rotatable bonds is 6. The Morgan fingerprint density at radius 3 is 2.66 bits per heavy atom. The van der Waals surface area contributed by atoms with Gasteiger partial charge in [0.25, 0.3) is 5.91 Å². The smallest absolute Gasteiger partial charge is 0.254 e. The third-order valence-corrected chi connectivity index (χ3v) is 6.48. The minimum absolute atomic E-state index is 0.0453. The maximum atomic E-state index is 13.1. The number of azo groups is 1. The number of hydrogen-bond acceptors (Lipinski definition) is 5. The van der Waals surface area contributed by atoms with Gasteiger partial charge in [0.2, 0.25) is 5.88 Å². The van der Waals surface area contributed by atoms with Gasteiger partial charge in [-0.25, -0.2) is 4.39 Å². The molecule has 0 spiro atoms. The van der Waals surface area contributed by atoms with E-state index in [1.165, 1.54) is 12.1 Å². The summed E-state index contributed by atoms with van der Waals surface area (Å²) >= 11 is 3.42. The van der Waals surface area contributed by atoms with Crippen LogP contribution >= 0.6 is 15.9 Å². The van der Waals surface area contributed by atoms with Crippen molar-refractivity contribution in [3.05, 3.63) is 82.6 Å². The van der Waals surface area contributed by atoms with Crippen molar-refractivity contribution in [1.82, 2.24) is 9.88 Å². The van der Waals surface area contributed by atoms with Crippen LogP contribution in [0.4, 0.5) is 15.8 Å². The second kappa shape index (κ2) is 9.87. The zero-order valence-electron chi connectivity index (χ0n) is 18.6. The van der Waals surface area contributed by atoms with Gasteiger partial charge < -0.3 is 19.7 Å². The lowest BCUT2D eigenvalue weighted by Gasteiger charge is -2.25. The first-order chi connectivity index (χ1) is 17.0. The number of ether oxygens (including phenoxy) is 1. The van der Waals surface area contributed by atoms with Gasteiger partial charge in [-0.05, 0) is 79.6 Å². The molecule has 0 unspecified atom stereocenters. The first kappa shape index (κ1) is 23.0. The van der Waals surface area contributed by atoms with E-state index < -0.39 is 0 Å². The molecule has 1 amide bonds. The predicted molar refractivity (Wildman–Crippen MR) is 134 cm³/mol. The summed E-state index contributed by atoms with van der Waals surface area (Å²) in [4.78, 5) is 17.8. The molecule has 7 nitrogen and oxygen atoms in total. The number of H-pyrrole nitrogens is 1. The molecule has 0 bridgehead atoms. The van der Waals surface area contributed by atoms with E-state index in [1.807, 2.05) is 23.1 Å². The predicted octanol–water partition coefficient (Wildman–Crippen LogP) is 6.87. The summed E-state index contributed by atoms with van der Waals surface area (Å²) in [6, 6.07) is 18.3. The second-order valence-electron chi connectivity index (χ2n) is 8.32. The molecule has 178 valence electrons. The molecule has 0 aliphatic carbocycles. The van der Waals surface area contributed by atoms with Gasteiger partial charge in [0.15, 0.2) is 5.69 Å². The number of nitrogens with one attached hydrogen (secondary N) is 1. The first-order valence-electron chi connectivity index (χ1n) is 11.2. The van der Waals surface area contributed by atoms with Crippen LogP contribution in [0.2, 0.25) is 0 Å². The highest BCUT2D eigenvalue weighted by Gasteiger charge is 2.30. The van der Waals surface area contributed by atoms with E-state index >= 15 is 0 Å². The summed E-state index contributed by atoms with van der Waals surface area (Å²) in [5.41, 5.74) is 2.21. The molecule has 3 aromatic carbocycles. The third kappa shape index (κ3) is 5.05. The zero-order chi connectivity index (χ0) is 24.4. The molecule has 1 atom stereocenters. The Morgan fingerprint density at radius 1 is 1.11 bits per heavy atom. The maximum absolute atomic E-state index is 13.1. The average molecular weight is 537 g/mol. The van der Waals surface area contributed by atoms with E-state index in [2.05, 4.69) is 31.1 Å². The number of hydrogen-bond donors (Lipinski definition) is 2. The number of carbonyl (C=O) groups is 1. The molecule has 1 aliphatic rings. The number of benzene rings is 3. The van der Waals surface area contributed by atoms with Crippen LogP contribution in [-0.4, -0.2) is 40.1 Å². The Hall–Kier alpha value is -3.72. The summed E-state index contributed by atoms with van der Waals surface area (Å²) in [5, 5.41) is 19.4. The quantitative estimate of drug-likeness (QED) is 0.263. The van der Waals surface area contributed by atoms with Crippen molar-refractivity contribution >= 4 is 44.1 Å². The Labute approximate surface area is 209 Å². The normalized spacial score (nSPS) is 15.8. The van der Waals surface area contributed by atoms with E-state index in [1.54, 1.807) is 36.4 Å². The SMILES string of the molecule is O=C(c1ccc(N=Nc2c(O)[nH]c3ccc(Br)cc23)cc1)N1CCC[C@@H]1COc1ccc(F)cc1. The molecular weight excluding hydrogens is 515 g/mol. The fourth-order valence-corrected chi connectivity index (χ4v) is 4.54. The molecule has 1 saturated heterocycles. The lowest BCUT2D eigenvalue weighted by molar-refractivity contribution is 0.0691. The van der Waals surface area contributed by atoms with Crippen molar-refractivity contribution in [2.24, 2.45) is 10.2 Å². The van der Waals surface area contributed by atoms with Gasteiger partial charge in [-0.2, -0.15) is 5.11 Å². The topological polar surface area (TPSA) is 90.3 Å². The fraction of sp³-hybridized carbons (Fsp3) is 0.192. The van der Waals surface area contributed by atoms with Gasteiger partial charge in [-0.3, -0.25) is 4.79 Å². The van der Waals surface area contributed by atoms with Crippen LogP contribution in [0.5, 0.6) is 11.6 Å². The lowest BCUT2D eigenvalue weighted by Crippen LogP contribution is -2.39. The fourth-order valence-electron chi connectivity index (χ4n) is 4.18. The van der Waals surface area contributed by atoms with E-state index in [0.29, 0.717) is 35.8 Å². The number of aromatic hydroxyl groups is 1. The molecule has 1 aromatic heterocycles. The number of halogens is 2. The number of aromatic amines is 1. The summed E-state index contributed by atoms with van der Waals surface area (Å²) in [7, 11) is 0. The molecule has 0 saturated carbocycles. The van der Waals surface area contributed by atoms with Crippen LogP contribution in [0.15, 0.2) is 81.4 Å². The Kier molecular flexibility index (Phi) is 6.50. The van der Waals surface area contributed by atoms with Crippen molar-refractivity contribution in [2.45, 2.75) is 18.9 Å². The van der Waals surface area contributed by atoms with Crippen LogP contribution in [0.25, 0.3) is 10.9 Å². The largest absolute Gasteiger partial charge is 0.493 e. The van der Waals surface area contributed by atoms with Gasteiger partial charge >= 0.3 is 0 Å². The van der Waals surface area contributed by atoms with Gasteiger partial charge in [-0.15, -0.1) is 5.11 Å². The summed E-state index contributed by atoms with van der Waals surface area (Å²) in [6.07, 6.45) is 1.75. The number of aromatic nitrogens is 1. The standard InChI is InChI=1S/C26H22BrFN4O3/c27-17-5-12-23-22(14-17)24(25(33)29-23)31-30-19-8-3-16(4-9-19)26(34)32-13-1-2-20(32)15-35-21-10-6-18(28)7-11-21/h3-12,14,20,29,33H,1-2,13,15H2/t20-/m1/s1.